The van der Waals surface area contributed by atoms with Gasteiger partial charge in [-0.2, -0.15) is 0 Å². The molecule has 0 spiro atoms. The number of pyridine rings is 1. The van der Waals surface area contributed by atoms with E-state index in [0.29, 0.717) is 5.15 Å². The second-order valence-corrected chi connectivity index (χ2v) is 3.69. The van der Waals surface area contributed by atoms with Crippen molar-refractivity contribution in [3.05, 3.63) is 35.6 Å². The van der Waals surface area contributed by atoms with E-state index in [2.05, 4.69) is 11.9 Å². The maximum absolute atomic E-state index is 6.00. The molecule has 1 aromatic carbocycles. The van der Waals surface area contributed by atoms with Gasteiger partial charge >= 0.3 is 0 Å². The van der Waals surface area contributed by atoms with Crippen LogP contribution in [0.4, 0.5) is 0 Å². The third kappa shape index (κ3) is 2.21. The third-order valence-corrected chi connectivity index (χ3v) is 2.46. The predicted octanol–water partition coefficient (Wildman–Crippen LogP) is 3.68. The molecular formula is C12H12ClNO. The number of halogens is 1. The minimum atomic E-state index is 0.523. The zero-order chi connectivity index (χ0) is 10.7. The molecule has 0 amide bonds. The fourth-order valence-electron chi connectivity index (χ4n) is 1.42. The molecule has 0 atom stereocenters. The molecule has 0 aliphatic carbocycles. The van der Waals surface area contributed by atoms with Crippen molar-refractivity contribution in [2.75, 3.05) is 6.61 Å². The van der Waals surface area contributed by atoms with Crippen LogP contribution in [0.25, 0.3) is 10.8 Å². The SMILES string of the molecule is CCCOc1ccc2ccnc(Cl)c2c1. The maximum Gasteiger partial charge on any atom is 0.136 e. The molecule has 2 rings (SSSR count). The van der Waals surface area contributed by atoms with Gasteiger partial charge in [0, 0.05) is 11.6 Å². The van der Waals surface area contributed by atoms with E-state index in [1.807, 2.05) is 24.3 Å². The summed E-state index contributed by atoms with van der Waals surface area (Å²) in [5, 5.41) is 2.54. The molecule has 0 N–H and O–H groups in total. The zero-order valence-electron chi connectivity index (χ0n) is 8.53. The van der Waals surface area contributed by atoms with Crippen LogP contribution in [-0.2, 0) is 0 Å². The van der Waals surface area contributed by atoms with Gasteiger partial charge in [-0.15, -0.1) is 0 Å². The number of aromatic nitrogens is 1. The molecule has 0 aliphatic heterocycles. The van der Waals surface area contributed by atoms with Gasteiger partial charge in [0.15, 0.2) is 0 Å². The lowest BCUT2D eigenvalue weighted by molar-refractivity contribution is 0.318. The van der Waals surface area contributed by atoms with E-state index in [-0.39, 0.29) is 0 Å². The molecule has 0 aliphatic rings. The molecule has 0 saturated carbocycles. The highest BCUT2D eigenvalue weighted by Gasteiger charge is 2.01. The Morgan fingerprint density at radius 1 is 1.33 bits per heavy atom. The highest BCUT2D eigenvalue weighted by Crippen LogP contribution is 2.25. The van der Waals surface area contributed by atoms with Crippen LogP contribution in [0, 0.1) is 0 Å². The van der Waals surface area contributed by atoms with Crippen molar-refractivity contribution in [3.63, 3.8) is 0 Å². The summed E-state index contributed by atoms with van der Waals surface area (Å²) < 4.78 is 5.53. The Bertz CT molecular complexity index is 470. The van der Waals surface area contributed by atoms with E-state index >= 15 is 0 Å². The van der Waals surface area contributed by atoms with E-state index in [9.17, 15) is 0 Å². The number of nitrogens with zero attached hydrogens (tertiary/aromatic N) is 1. The Morgan fingerprint density at radius 2 is 2.20 bits per heavy atom. The largest absolute Gasteiger partial charge is 0.494 e. The smallest absolute Gasteiger partial charge is 0.136 e. The summed E-state index contributed by atoms with van der Waals surface area (Å²) in [5.74, 6) is 0.847. The Kier molecular flexibility index (Phi) is 3.07. The first-order valence-corrected chi connectivity index (χ1v) is 5.36. The third-order valence-electron chi connectivity index (χ3n) is 2.16. The first-order valence-electron chi connectivity index (χ1n) is 4.98. The van der Waals surface area contributed by atoms with Crippen molar-refractivity contribution in [2.45, 2.75) is 13.3 Å². The van der Waals surface area contributed by atoms with Gasteiger partial charge < -0.3 is 4.74 Å². The first kappa shape index (κ1) is 10.2. The Labute approximate surface area is 93.8 Å². The van der Waals surface area contributed by atoms with Gasteiger partial charge in [-0.3, -0.25) is 0 Å². The lowest BCUT2D eigenvalue weighted by Gasteiger charge is -2.06. The first-order chi connectivity index (χ1) is 7.31. The van der Waals surface area contributed by atoms with Crippen LogP contribution in [0.5, 0.6) is 5.75 Å². The van der Waals surface area contributed by atoms with Crippen LogP contribution in [0.1, 0.15) is 13.3 Å². The second-order valence-electron chi connectivity index (χ2n) is 3.33. The van der Waals surface area contributed by atoms with Crippen molar-refractivity contribution in [1.29, 1.82) is 0 Å². The van der Waals surface area contributed by atoms with Crippen LogP contribution in [0.2, 0.25) is 5.15 Å². The number of rotatable bonds is 3. The normalized spacial score (nSPS) is 10.5. The lowest BCUT2D eigenvalue weighted by atomic mass is 10.2. The fourth-order valence-corrected chi connectivity index (χ4v) is 1.64. The van der Waals surface area contributed by atoms with Crippen LogP contribution in [-0.4, -0.2) is 11.6 Å². The summed E-state index contributed by atoms with van der Waals surface area (Å²) in [6.07, 6.45) is 2.70. The summed E-state index contributed by atoms with van der Waals surface area (Å²) >= 11 is 6.00. The average Bonchev–Trinajstić information content (AvgIpc) is 2.27. The lowest BCUT2D eigenvalue weighted by Crippen LogP contribution is -1.94. The number of fused-ring (bicyclic) bond motifs is 1. The molecule has 0 bridgehead atoms. The van der Waals surface area contributed by atoms with Crippen molar-refractivity contribution in [2.24, 2.45) is 0 Å². The van der Waals surface area contributed by atoms with Crippen LogP contribution < -0.4 is 4.74 Å². The van der Waals surface area contributed by atoms with Crippen LogP contribution >= 0.6 is 11.6 Å². The molecule has 1 aromatic heterocycles. The molecule has 0 fully saturated rings. The van der Waals surface area contributed by atoms with E-state index < -0.39 is 0 Å². The molecule has 1 heterocycles. The number of hydrogen-bond acceptors (Lipinski definition) is 2. The second kappa shape index (κ2) is 4.49. The van der Waals surface area contributed by atoms with Crippen molar-refractivity contribution < 1.29 is 4.74 Å². The molecule has 2 nitrogen and oxygen atoms in total. The van der Waals surface area contributed by atoms with E-state index in [1.165, 1.54) is 0 Å². The minimum absolute atomic E-state index is 0.523. The van der Waals surface area contributed by atoms with Gasteiger partial charge in [0.2, 0.25) is 0 Å². The summed E-state index contributed by atoms with van der Waals surface area (Å²) in [5.41, 5.74) is 0. The Hall–Kier alpha value is -1.28. The van der Waals surface area contributed by atoms with Crippen molar-refractivity contribution in [1.82, 2.24) is 4.98 Å². The van der Waals surface area contributed by atoms with Crippen LogP contribution in [0.3, 0.4) is 0 Å². The van der Waals surface area contributed by atoms with Crippen molar-refractivity contribution in [3.8, 4) is 5.75 Å². The molecule has 78 valence electrons. The summed E-state index contributed by atoms with van der Waals surface area (Å²) in [6.45, 7) is 2.80. The van der Waals surface area contributed by atoms with Crippen LogP contribution in [0.15, 0.2) is 30.5 Å². The standard InChI is InChI=1S/C12H12ClNO/c1-2-7-15-10-4-3-9-5-6-14-12(13)11(9)8-10/h3-6,8H,2,7H2,1H3. The van der Waals surface area contributed by atoms with Gasteiger partial charge in [0.25, 0.3) is 0 Å². The summed E-state index contributed by atoms with van der Waals surface area (Å²) in [6, 6.07) is 7.81. The number of benzene rings is 1. The minimum Gasteiger partial charge on any atom is -0.494 e. The predicted molar refractivity (Wildman–Crippen MR) is 62.5 cm³/mol. The Balaban J connectivity index is 2.41. The monoisotopic (exact) mass is 221 g/mol. The van der Waals surface area contributed by atoms with Gasteiger partial charge in [-0.05, 0) is 30.0 Å². The number of hydrogen-bond donors (Lipinski definition) is 0. The molecule has 3 heteroatoms. The van der Waals surface area contributed by atoms with E-state index in [0.717, 1.165) is 29.5 Å². The topological polar surface area (TPSA) is 22.1 Å². The molecule has 15 heavy (non-hydrogen) atoms. The average molecular weight is 222 g/mol. The zero-order valence-corrected chi connectivity index (χ0v) is 9.29. The Morgan fingerprint density at radius 3 is 3.00 bits per heavy atom. The highest BCUT2D eigenvalue weighted by atomic mass is 35.5. The van der Waals surface area contributed by atoms with Gasteiger partial charge in [-0.25, -0.2) is 4.98 Å². The summed E-state index contributed by atoms with van der Waals surface area (Å²) in [7, 11) is 0. The molecule has 0 radical (unpaired) electrons. The molecule has 2 aromatic rings. The molecular weight excluding hydrogens is 210 g/mol. The van der Waals surface area contributed by atoms with Gasteiger partial charge in [-0.1, -0.05) is 24.6 Å². The maximum atomic E-state index is 6.00. The van der Waals surface area contributed by atoms with Crippen molar-refractivity contribution >= 4 is 22.4 Å². The quantitative estimate of drug-likeness (QED) is 0.738. The van der Waals surface area contributed by atoms with Gasteiger partial charge in [0.05, 0.1) is 6.61 Å². The molecule has 0 unspecified atom stereocenters. The highest BCUT2D eigenvalue weighted by molar-refractivity contribution is 6.34. The fraction of sp³-hybridized carbons (Fsp3) is 0.250. The van der Waals surface area contributed by atoms with E-state index in [4.69, 9.17) is 16.3 Å². The summed E-state index contributed by atoms with van der Waals surface area (Å²) in [4.78, 5) is 4.04. The van der Waals surface area contributed by atoms with Gasteiger partial charge in [0.1, 0.15) is 10.9 Å². The molecule has 0 saturated heterocycles. The van der Waals surface area contributed by atoms with E-state index in [1.54, 1.807) is 6.20 Å². The number of ether oxygens (including phenoxy) is 1.